The number of rotatable bonds is 9. The summed E-state index contributed by atoms with van der Waals surface area (Å²) in [6.07, 6.45) is 0. The van der Waals surface area contributed by atoms with E-state index in [1.165, 1.54) is 6.92 Å². The van der Waals surface area contributed by atoms with E-state index in [1.807, 2.05) is 0 Å². The van der Waals surface area contributed by atoms with E-state index in [9.17, 15) is 9.59 Å². The molecule has 0 N–H and O–H groups in total. The lowest BCUT2D eigenvalue weighted by Gasteiger charge is -2.31. The predicted molar refractivity (Wildman–Crippen MR) is 71.8 cm³/mol. The number of carbonyl (C=O) groups excluding carboxylic acids is 2. The normalized spacial score (nSPS) is 11.5. The molecule has 7 heteroatoms. The van der Waals surface area contributed by atoms with E-state index in [4.69, 9.17) is 18.5 Å². The van der Waals surface area contributed by atoms with E-state index in [0.29, 0.717) is 13.2 Å². The van der Waals surface area contributed by atoms with E-state index in [-0.39, 0.29) is 13.2 Å². The first-order chi connectivity index (χ1) is 8.98. The summed E-state index contributed by atoms with van der Waals surface area (Å²) in [4.78, 5) is 24.2. The van der Waals surface area contributed by atoms with Crippen LogP contribution < -0.4 is 0 Å². The molecule has 0 saturated heterocycles. The largest absolute Gasteiger partial charge is 0.465 e. The number of carbonyl (C=O) groups is 2. The number of hydrogen-bond acceptors (Lipinski definition) is 6. The number of hydrogen-bond donors (Lipinski definition) is 0. The average Bonchev–Trinajstić information content (AvgIpc) is 2.38. The highest BCUT2D eigenvalue weighted by molar-refractivity contribution is 7.51. The molecule has 0 rings (SSSR count). The molecule has 0 heterocycles. The molecule has 0 fully saturated rings. The summed E-state index contributed by atoms with van der Waals surface area (Å²) in [6, 6.07) is 0. The van der Waals surface area contributed by atoms with E-state index in [1.54, 1.807) is 27.7 Å². The second-order valence-electron chi connectivity index (χ2n) is 3.61. The highest BCUT2D eigenvalue weighted by atomic mass is 31.2. The molecule has 0 aromatic carbocycles. The molecule has 0 aliphatic heterocycles. The Labute approximate surface area is 115 Å². The van der Waals surface area contributed by atoms with Crippen LogP contribution in [0.3, 0.4) is 0 Å². The van der Waals surface area contributed by atoms with Gasteiger partial charge in [-0.3, -0.25) is 9.59 Å². The van der Waals surface area contributed by atoms with Gasteiger partial charge in [-0.2, -0.15) is 0 Å². The van der Waals surface area contributed by atoms with Crippen LogP contribution in [0.4, 0.5) is 0 Å². The van der Waals surface area contributed by atoms with Gasteiger partial charge in [0.2, 0.25) is 13.5 Å². The quantitative estimate of drug-likeness (QED) is 0.369. The van der Waals surface area contributed by atoms with E-state index in [0.717, 1.165) is 0 Å². The molecular weight excluding hydrogens is 271 g/mol. The van der Waals surface area contributed by atoms with Crippen molar-refractivity contribution in [1.29, 1.82) is 0 Å². The van der Waals surface area contributed by atoms with Gasteiger partial charge in [0.05, 0.1) is 26.4 Å². The molecule has 19 heavy (non-hydrogen) atoms. The molecule has 6 nitrogen and oxygen atoms in total. The maximum atomic E-state index is 12.1. The summed E-state index contributed by atoms with van der Waals surface area (Å²) in [5.74, 6) is -1.36. The Kier molecular flexibility index (Phi) is 8.89. The number of ether oxygens (including phenoxy) is 2. The van der Waals surface area contributed by atoms with Gasteiger partial charge in [-0.25, -0.2) is 0 Å². The standard InChI is InChI=1S/C12H23O6P/c1-6-15-10(13)12(5,11(14)16-7-2)19(17-8-3)18-9-4/h6-9H2,1-5H3. The van der Waals surface area contributed by atoms with Gasteiger partial charge in [-0.1, -0.05) is 0 Å². The van der Waals surface area contributed by atoms with E-state index in [2.05, 4.69) is 0 Å². The van der Waals surface area contributed by atoms with Gasteiger partial charge in [0.1, 0.15) is 0 Å². The third-order valence-corrected chi connectivity index (χ3v) is 4.28. The Balaban J connectivity index is 5.30. The Morgan fingerprint density at radius 2 is 1.21 bits per heavy atom. The highest BCUT2D eigenvalue weighted by Crippen LogP contribution is 2.53. The topological polar surface area (TPSA) is 71.1 Å². The van der Waals surface area contributed by atoms with Crippen LogP contribution in [0, 0.1) is 0 Å². The lowest BCUT2D eigenvalue weighted by molar-refractivity contribution is -0.159. The number of esters is 2. The van der Waals surface area contributed by atoms with Crippen LogP contribution in [-0.4, -0.2) is 43.5 Å². The SMILES string of the molecule is CCOC(=O)C(C)(C(=O)OCC)P(OCC)OCC. The van der Waals surface area contributed by atoms with Gasteiger partial charge in [0.25, 0.3) is 0 Å². The van der Waals surface area contributed by atoms with E-state index < -0.39 is 25.5 Å². The predicted octanol–water partition coefficient (Wildman–Crippen LogP) is 2.26. The average molecular weight is 294 g/mol. The summed E-state index contributed by atoms with van der Waals surface area (Å²) in [5.41, 5.74) is 0. The lowest BCUT2D eigenvalue weighted by Crippen LogP contribution is -2.45. The van der Waals surface area contributed by atoms with Crippen molar-refractivity contribution >= 4 is 20.3 Å². The highest BCUT2D eigenvalue weighted by Gasteiger charge is 2.54. The van der Waals surface area contributed by atoms with Crippen molar-refractivity contribution in [3.8, 4) is 0 Å². The molecule has 0 spiro atoms. The molecule has 0 aliphatic rings. The lowest BCUT2D eigenvalue weighted by atomic mass is 10.2. The van der Waals surface area contributed by atoms with Crippen LogP contribution in [-0.2, 0) is 28.1 Å². The second-order valence-corrected chi connectivity index (χ2v) is 5.53. The minimum Gasteiger partial charge on any atom is -0.465 e. The fraction of sp³-hybridized carbons (Fsp3) is 0.833. The van der Waals surface area contributed by atoms with Gasteiger partial charge in [0, 0.05) is 0 Å². The van der Waals surface area contributed by atoms with Gasteiger partial charge < -0.3 is 18.5 Å². The summed E-state index contributed by atoms with van der Waals surface area (Å²) in [5, 5.41) is -1.56. The smallest absolute Gasteiger partial charge is 0.332 e. The van der Waals surface area contributed by atoms with Crippen molar-refractivity contribution in [2.75, 3.05) is 26.4 Å². The molecule has 0 saturated carbocycles. The van der Waals surface area contributed by atoms with E-state index >= 15 is 0 Å². The van der Waals surface area contributed by atoms with Crippen molar-refractivity contribution in [1.82, 2.24) is 0 Å². The Bertz CT molecular complexity index is 270. The van der Waals surface area contributed by atoms with Crippen molar-refractivity contribution in [3.05, 3.63) is 0 Å². The molecule has 0 aliphatic carbocycles. The molecule has 0 atom stereocenters. The van der Waals surface area contributed by atoms with Crippen LogP contribution in [0.2, 0.25) is 0 Å². The molecule has 0 aromatic heterocycles. The first-order valence-corrected chi connectivity index (χ1v) is 7.57. The third-order valence-electron chi connectivity index (χ3n) is 2.20. The minimum absolute atomic E-state index is 0.176. The van der Waals surface area contributed by atoms with Gasteiger partial charge >= 0.3 is 11.9 Å². The Morgan fingerprint density at radius 1 is 0.842 bits per heavy atom. The summed E-state index contributed by atoms with van der Waals surface area (Å²) in [7, 11) is -1.76. The molecule has 0 bridgehead atoms. The first kappa shape index (κ1) is 18.3. The molecule has 0 amide bonds. The second kappa shape index (κ2) is 9.23. The van der Waals surface area contributed by atoms with Crippen molar-refractivity contribution in [2.45, 2.75) is 39.8 Å². The van der Waals surface area contributed by atoms with Gasteiger partial charge in [0.15, 0.2) is 0 Å². The van der Waals surface area contributed by atoms with Crippen LogP contribution in [0.1, 0.15) is 34.6 Å². The summed E-state index contributed by atoms with van der Waals surface area (Å²) < 4.78 is 20.8. The van der Waals surface area contributed by atoms with Gasteiger partial charge in [-0.15, -0.1) is 0 Å². The van der Waals surface area contributed by atoms with Crippen LogP contribution in [0.5, 0.6) is 0 Å². The zero-order valence-electron chi connectivity index (χ0n) is 12.2. The molecule has 0 radical (unpaired) electrons. The monoisotopic (exact) mass is 294 g/mol. The fourth-order valence-electron chi connectivity index (χ4n) is 1.31. The maximum absolute atomic E-state index is 12.1. The third kappa shape index (κ3) is 4.71. The van der Waals surface area contributed by atoms with Crippen LogP contribution in [0.15, 0.2) is 0 Å². The Hall–Kier alpha value is -0.710. The van der Waals surface area contributed by atoms with Crippen LogP contribution in [0.25, 0.3) is 0 Å². The van der Waals surface area contributed by atoms with Gasteiger partial charge in [-0.05, 0) is 34.6 Å². The van der Waals surface area contributed by atoms with Crippen molar-refractivity contribution in [3.63, 3.8) is 0 Å². The zero-order chi connectivity index (χ0) is 14.9. The zero-order valence-corrected chi connectivity index (χ0v) is 13.1. The fourth-order valence-corrected chi connectivity index (χ4v) is 2.79. The van der Waals surface area contributed by atoms with Crippen molar-refractivity contribution in [2.24, 2.45) is 0 Å². The maximum Gasteiger partial charge on any atom is 0.332 e. The summed E-state index contributed by atoms with van der Waals surface area (Å²) >= 11 is 0. The molecular formula is C12H23O6P. The minimum atomic E-state index is -1.76. The first-order valence-electron chi connectivity index (χ1n) is 6.39. The van der Waals surface area contributed by atoms with Crippen molar-refractivity contribution < 1.29 is 28.1 Å². The molecule has 112 valence electrons. The molecule has 0 aromatic rings. The molecule has 0 unspecified atom stereocenters. The van der Waals surface area contributed by atoms with Crippen LogP contribution >= 0.6 is 8.38 Å². The summed E-state index contributed by atoms with van der Waals surface area (Å²) in [6.45, 7) is 9.35. The Morgan fingerprint density at radius 3 is 1.47 bits per heavy atom.